The Bertz CT molecular complexity index is 833. The molecule has 1 aliphatic rings. The second-order valence-electron chi connectivity index (χ2n) is 6.60. The van der Waals surface area contributed by atoms with Crippen LogP contribution >= 0.6 is 0 Å². The van der Waals surface area contributed by atoms with Crippen molar-refractivity contribution >= 4 is 10.2 Å². The van der Waals surface area contributed by atoms with Crippen LogP contribution in [0.4, 0.5) is 0 Å². The lowest BCUT2D eigenvalue weighted by atomic mass is 9.95. The normalized spacial score (nSPS) is 19.4. The minimum atomic E-state index is -3.36. The second-order valence-corrected chi connectivity index (χ2v) is 8.74. The highest BCUT2D eigenvalue weighted by Crippen LogP contribution is 2.23. The molecule has 0 amide bonds. The van der Waals surface area contributed by atoms with Crippen molar-refractivity contribution in [2.45, 2.75) is 19.3 Å². The van der Waals surface area contributed by atoms with Gasteiger partial charge in [-0.2, -0.15) is 22.1 Å². The fourth-order valence-corrected chi connectivity index (χ4v) is 4.40. The molecule has 0 bridgehead atoms. The molecule has 1 fully saturated rings. The fourth-order valence-electron chi connectivity index (χ4n) is 3.18. The van der Waals surface area contributed by atoms with Gasteiger partial charge in [0.2, 0.25) is 0 Å². The quantitative estimate of drug-likeness (QED) is 0.788. The number of piperidine rings is 1. The van der Waals surface area contributed by atoms with E-state index >= 15 is 0 Å². The topological polar surface area (TPSA) is 84.2 Å². The highest BCUT2D eigenvalue weighted by molar-refractivity contribution is 7.86. The molecule has 1 saturated heterocycles. The van der Waals surface area contributed by atoms with E-state index in [1.54, 1.807) is 41.7 Å². The van der Waals surface area contributed by atoms with Crippen LogP contribution in [0, 0.1) is 5.92 Å². The first kappa shape index (κ1) is 18.0. The van der Waals surface area contributed by atoms with E-state index in [9.17, 15) is 8.42 Å². The van der Waals surface area contributed by atoms with Gasteiger partial charge >= 0.3 is 0 Å². The zero-order chi connectivity index (χ0) is 18.0. The van der Waals surface area contributed by atoms with Crippen molar-refractivity contribution in [3.8, 4) is 11.4 Å². The summed E-state index contributed by atoms with van der Waals surface area (Å²) < 4.78 is 29.3. The lowest BCUT2D eigenvalue weighted by Crippen LogP contribution is -2.45. The number of nitrogens with zero attached hydrogens (tertiary/aromatic N) is 6. The van der Waals surface area contributed by atoms with Crippen molar-refractivity contribution in [2.75, 3.05) is 27.2 Å². The largest absolute Gasteiger partial charge is 0.281 e. The molecule has 3 heterocycles. The van der Waals surface area contributed by atoms with E-state index in [1.165, 1.54) is 4.31 Å². The molecule has 8 nitrogen and oxygen atoms in total. The third-order valence-corrected chi connectivity index (χ3v) is 6.44. The summed E-state index contributed by atoms with van der Waals surface area (Å²) in [5.74, 6) is 0.250. The van der Waals surface area contributed by atoms with Gasteiger partial charge in [-0.15, -0.1) is 0 Å². The van der Waals surface area contributed by atoms with Gasteiger partial charge in [-0.1, -0.05) is 0 Å². The van der Waals surface area contributed by atoms with Gasteiger partial charge in [-0.3, -0.25) is 9.67 Å². The van der Waals surface area contributed by atoms with Crippen LogP contribution in [0.2, 0.25) is 0 Å². The van der Waals surface area contributed by atoms with Gasteiger partial charge in [0.25, 0.3) is 10.2 Å². The molecule has 0 N–H and O–H groups in total. The third-order valence-electron chi connectivity index (χ3n) is 4.54. The van der Waals surface area contributed by atoms with Crippen LogP contribution < -0.4 is 0 Å². The second kappa shape index (κ2) is 7.19. The zero-order valence-corrected chi connectivity index (χ0v) is 15.6. The van der Waals surface area contributed by atoms with Crippen molar-refractivity contribution in [2.24, 2.45) is 13.0 Å². The van der Waals surface area contributed by atoms with Gasteiger partial charge in [-0.25, -0.2) is 4.98 Å². The van der Waals surface area contributed by atoms with E-state index < -0.39 is 10.2 Å². The van der Waals surface area contributed by atoms with E-state index in [1.807, 2.05) is 13.1 Å². The summed E-state index contributed by atoms with van der Waals surface area (Å²) in [7, 11) is 1.66. The molecule has 25 heavy (non-hydrogen) atoms. The minimum absolute atomic E-state index is 0.250. The Kier molecular flexibility index (Phi) is 5.16. The maximum absolute atomic E-state index is 12.3. The van der Waals surface area contributed by atoms with Crippen molar-refractivity contribution in [3.05, 3.63) is 30.4 Å². The molecule has 0 saturated carbocycles. The van der Waals surface area contributed by atoms with Crippen LogP contribution in [0.5, 0.6) is 0 Å². The average molecular weight is 364 g/mol. The Labute approximate surface area is 148 Å². The van der Waals surface area contributed by atoms with Crippen molar-refractivity contribution < 1.29 is 8.42 Å². The molecule has 1 atom stereocenters. The molecular weight excluding hydrogens is 340 g/mol. The zero-order valence-electron chi connectivity index (χ0n) is 14.8. The first-order valence-electron chi connectivity index (χ1n) is 8.35. The predicted molar refractivity (Wildman–Crippen MR) is 94.8 cm³/mol. The first-order valence-corrected chi connectivity index (χ1v) is 9.74. The Balaban J connectivity index is 1.73. The van der Waals surface area contributed by atoms with Gasteiger partial charge in [0.15, 0.2) is 0 Å². The van der Waals surface area contributed by atoms with Crippen LogP contribution in [0.15, 0.2) is 24.7 Å². The minimum Gasteiger partial charge on any atom is -0.266 e. The SMILES string of the molecule is CN(C)S(=O)(=O)N1CCCC(Cc2cncc(-c3ccnn3C)n2)C1. The van der Waals surface area contributed by atoms with Crippen LogP contribution in [-0.4, -0.2) is 64.0 Å². The number of hydrogen-bond donors (Lipinski definition) is 0. The lowest BCUT2D eigenvalue weighted by Gasteiger charge is -2.33. The van der Waals surface area contributed by atoms with Crippen LogP contribution in [-0.2, 0) is 23.7 Å². The standard InChI is InChI=1S/C16H24N6O2S/c1-20(2)25(23,24)22-8-4-5-13(12-22)9-14-10-17-11-15(19-14)16-6-7-18-21(16)3/h6-7,10-11,13H,4-5,8-9,12H2,1-3H3. The van der Waals surface area contributed by atoms with Crippen molar-refractivity contribution in [1.29, 1.82) is 0 Å². The smallest absolute Gasteiger partial charge is 0.266 e. The third kappa shape index (κ3) is 3.88. The summed E-state index contributed by atoms with van der Waals surface area (Å²) in [6.07, 6.45) is 7.81. The average Bonchev–Trinajstić information content (AvgIpc) is 3.01. The number of rotatable bonds is 5. The molecule has 0 spiro atoms. The molecule has 1 aliphatic heterocycles. The van der Waals surface area contributed by atoms with Gasteiger partial charge in [0.05, 0.1) is 17.6 Å². The Morgan fingerprint density at radius 3 is 2.80 bits per heavy atom. The van der Waals surface area contributed by atoms with E-state index in [0.29, 0.717) is 13.1 Å². The molecule has 0 aromatic carbocycles. The molecule has 3 rings (SSSR count). The maximum atomic E-state index is 12.3. The van der Waals surface area contributed by atoms with Crippen LogP contribution in [0.1, 0.15) is 18.5 Å². The highest BCUT2D eigenvalue weighted by atomic mass is 32.2. The fraction of sp³-hybridized carbons (Fsp3) is 0.562. The lowest BCUT2D eigenvalue weighted by molar-refractivity contribution is 0.253. The molecule has 136 valence electrons. The molecular formula is C16H24N6O2S. The molecule has 2 aromatic heterocycles. The Morgan fingerprint density at radius 1 is 1.32 bits per heavy atom. The van der Waals surface area contributed by atoms with Gasteiger partial charge in [0, 0.05) is 46.6 Å². The summed E-state index contributed by atoms with van der Waals surface area (Å²) in [5.41, 5.74) is 2.58. The van der Waals surface area contributed by atoms with Crippen LogP contribution in [0.3, 0.4) is 0 Å². The van der Waals surface area contributed by atoms with Gasteiger partial charge in [-0.05, 0) is 31.2 Å². The van der Waals surface area contributed by atoms with E-state index in [4.69, 9.17) is 4.98 Å². The molecule has 0 radical (unpaired) electrons. The van der Waals surface area contributed by atoms with E-state index in [-0.39, 0.29) is 5.92 Å². The molecule has 1 unspecified atom stereocenters. The summed E-state index contributed by atoms with van der Waals surface area (Å²) >= 11 is 0. The molecule has 2 aromatic rings. The van der Waals surface area contributed by atoms with Gasteiger partial charge < -0.3 is 0 Å². The maximum Gasteiger partial charge on any atom is 0.281 e. The number of aryl methyl sites for hydroxylation is 1. The predicted octanol–water partition coefficient (Wildman–Crippen LogP) is 0.938. The summed E-state index contributed by atoms with van der Waals surface area (Å²) in [4.78, 5) is 8.99. The number of aromatic nitrogens is 4. The highest BCUT2D eigenvalue weighted by Gasteiger charge is 2.30. The first-order chi connectivity index (χ1) is 11.9. The van der Waals surface area contributed by atoms with E-state index in [2.05, 4.69) is 10.1 Å². The van der Waals surface area contributed by atoms with Crippen molar-refractivity contribution in [1.82, 2.24) is 28.4 Å². The summed E-state index contributed by atoms with van der Waals surface area (Å²) in [6.45, 7) is 1.11. The Hall–Kier alpha value is -1.84. The van der Waals surface area contributed by atoms with Crippen LogP contribution in [0.25, 0.3) is 11.4 Å². The summed E-state index contributed by atoms with van der Waals surface area (Å²) in [6, 6.07) is 1.90. The monoisotopic (exact) mass is 364 g/mol. The van der Waals surface area contributed by atoms with Crippen molar-refractivity contribution in [3.63, 3.8) is 0 Å². The molecule has 9 heteroatoms. The summed E-state index contributed by atoms with van der Waals surface area (Å²) in [5, 5.41) is 4.16. The van der Waals surface area contributed by atoms with E-state index in [0.717, 1.165) is 36.3 Å². The Morgan fingerprint density at radius 2 is 2.12 bits per heavy atom. The number of hydrogen-bond acceptors (Lipinski definition) is 5. The van der Waals surface area contributed by atoms with Gasteiger partial charge in [0.1, 0.15) is 5.69 Å². The molecule has 0 aliphatic carbocycles.